The van der Waals surface area contributed by atoms with Crippen molar-refractivity contribution in [3.63, 3.8) is 0 Å². The third-order valence-corrected chi connectivity index (χ3v) is 3.88. The van der Waals surface area contributed by atoms with E-state index in [4.69, 9.17) is 25.9 Å². The van der Waals surface area contributed by atoms with Gasteiger partial charge in [0.1, 0.15) is 17.5 Å². The summed E-state index contributed by atoms with van der Waals surface area (Å²) in [7, 11) is 0. The van der Waals surface area contributed by atoms with Crippen LogP contribution >= 0.6 is 11.6 Å². The number of aliphatic carboxylic acids is 1. The topological polar surface area (TPSA) is 107 Å². The Bertz CT molecular complexity index is 967. The van der Waals surface area contributed by atoms with Crippen LogP contribution in [-0.4, -0.2) is 25.8 Å². The Balaban J connectivity index is 1.92. The first-order chi connectivity index (χ1) is 12.0. The van der Waals surface area contributed by atoms with Crippen molar-refractivity contribution in [2.45, 2.75) is 26.0 Å². The van der Waals surface area contributed by atoms with Gasteiger partial charge in [0.05, 0.1) is 17.0 Å². The average Bonchev–Trinajstić information content (AvgIpc) is 2.88. The molecule has 0 spiro atoms. The molecule has 1 atom stereocenters. The molecule has 25 heavy (non-hydrogen) atoms. The molecule has 130 valence electrons. The first-order valence-corrected chi connectivity index (χ1v) is 7.82. The summed E-state index contributed by atoms with van der Waals surface area (Å²) in [6.07, 6.45) is 0.946. The maximum Gasteiger partial charge on any atom is 0.419 e. The van der Waals surface area contributed by atoms with E-state index in [-0.39, 0.29) is 23.6 Å². The molecule has 3 rings (SSSR count). The van der Waals surface area contributed by atoms with Gasteiger partial charge in [0.2, 0.25) is 0 Å². The van der Waals surface area contributed by atoms with Gasteiger partial charge < -0.3 is 14.3 Å². The number of carboxylic acid groups (broad SMARTS) is 1. The zero-order chi connectivity index (χ0) is 18.0. The second-order valence-corrected chi connectivity index (χ2v) is 5.73. The number of hydrogen-bond donors (Lipinski definition) is 1. The van der Waals surface area contributed by atoms with Gasteiger partial charge in [-0.2, -0.15) is 10.2 Å². The Morgan fingerprint density at radius 3 is 2.96 bits per heavy atom. The summed E-state index contributed by atoms with van der Waals surface area (Å²) in [6.45, 7) is 1.78. The van der Waals surface area contributed by atoms with E-state index in [1.165, 1.54) is 16.7 Å². The van der Waals surface area contributed by atoms with Crippen molar-refractivity contribution in [2.24, 2.45) is 0 Å². The summed E-state index contributed by atoms with van der Waals surface area (Å²) in [4.78, 5) is 22.6. The minimum atomic E-state index is -1.01. The normalized spacial score (nSPS) is 12.2. The van der Waals surface area contributed by atoms with E-state index in [9.17, 15) is 9.59 Å². The zero-order valence-electron chi connectivity index (χ0n) is 13.2. The summed E-state index contributed by atoms with van der Waals surface area (Å²) < 4.78 is 12.2. The first-order valence-electron chi connectivity index (χ1n) is 7.44. The molecule has 2 heterocycles. The van der Waals surface area contributed by atoms with Gasteiger partial charge in [0.15, 0.2) is 5.58 Å². The predicted octanol–water partition coefficient (Wildman–Crippen LogP) is 2.65. The van der Waals surface area contributed by atoms with Crippen LogP contribution in [0.2, 0.25) is 5.02 Å². The Labute approximate surface area is 146 Å². The molecule has 0 bridgehead atoms. The number of fused-ring (bicyclic) bond motifs is 1. The van der Waals surface area contributed by atoms with Crippen LogP contribution < -0.4 is 10.5 Å². The number of aromatic nitrogens is 3. The Morgan fingerprint density at radius 1 is 1.48 bits per heavy atom. The summed E-state index contributed by atoms with van der Waals surface area (Å²) in [6, 6.07) is 6.53. The van der Waals surface area contributed by atoms with E-state index in [0.717, 1.165) is 0 Å². The van der Waals surface area contributed by atoms with E-state index in [1.807, 2.05) is 0 Å². The minimum Gasteiger partial charge on any atom is -0.483 e. The highest BCUT2D eigenvalue weighted by Gasteiger charge is 2.17. The number of nitrogens with zero attached hydrogens (tertiary/aromatic N) is 3. The van der Waals surface area contributed by atoms with Crippen LogP contribution in [0.25, 0.3) is 11.1 Å². The third-order valence-electron chi connectivity index (χ3n) is 3.58. The lowest BCUT2D eigenvalue weighted by atomic mass is 10.2. The fourth-order valence-corrected chi connectivity index (χ4v) is 2.56. The molecule has 0 saturated heterocycles. The highest BCUT2D eigenvalue weighted by atomic mass is 35.5. The molecule has 0 aliphatic heterocycles. The van der Waals surface area contributed by atoms with Crippen molar-refractivity contribution in [1.82, 2.24) is 14.8 Å². The van der Waals surface area contributed by atoms with Gasteiger partial charge in [-0.15, -0.1) is 0 Å². The quantitative estimate of drug-likeness (QED) is 0.717. The van der Waals surface area contributed by atoms with Crippen molar-refractivity contribution in [2.75, 3.05) is 0 Å². The Kier molecular flexibility index (Phi) is 4.71. The zero-order valence-corrected chi connectivity index (χ0v) is 13.9. The molecule has 0 aliphatic carbocycles. The Hall–Kier alpha value is -2.87. The number of halogens is 1. The van der Waals surface area contributed by atoms with Gasteiger partial charge >= 0.3 is 11.7 Å². The van der Waals surface area contributed by atoms with Gasteiger partial charge in [0.25, 0.3) is 0 Å². The van der Waals surface area contributed by atoms with Gasteiger partial charge in [-0.25, -0.2) is 4.79 Å². The molecule has 1 unspecified atom stereocenters. The van der Waals surface area contributed by atoms with Crippen molar-refractivity contribution in [1.29, 1.82) is 0 Å². The summed E-state index contributed by atoms with van der Waals surface area (Å²) in [5.41, 5.74) is 1.30. The minimum absolute atomic E-state index is 0.00624. The van der Waals surface area contributed by atoms with E-state index in [0.29, 0.717) is 17.0 Å². The number of carbonyl (C=O) groups is 1. The number of rotatable bonds is 6. The summed E-state index contributed by atoms with van der Waals surface area (Å²) in [5, 5.41) is 16.8. The highest BCUT2D eigenvalue weighted by molar-refractivity contribution is 6.32. The molecule has 0 radical (unpaired) electrons. The van der Waals surface area contributed by atoms with Gasteiger partial charge in [-0.3, -0.25) is 9.36 Å². The van der Waals surface area contributed by atoms with Gasteiger partial charge in [-0.1, -0.05) is 11.6 Å². The molecule has 8 nitrogen and oxygen atoms in total. The van der Waals surface area contributed by atoms with E-state index in [1.54, 1.807) is 25.3 Å². The molecule has 1 aromatic carbocycles. The first kappa shape index (κ1) is 17.0. The van der Waals surface area contributed by atoms with E-state index in [2.05, 4.69) is 10.2 Å². The van der Waals surface area contributed by atoms with Gasteiger partial charge in [-0.05, 0) is 25.1 Å². The lowest BCUT2D eigenvalue weighted by Crippen LogP contribution is -2.16. The van der Waals surface area contributed by atoms with Crippen molar-refractivity contribution in [3.05, 3.63) is 51.7 Å². The molecule has 0 amide bonds. The molecule has 0 fully saturated rings. The molecule has 1 N–H and O–H groups in total. The number of hydrogen-bond acceptors (Lipinski definition) is 6. The number of oxazole rings is 1. The number of benzene rings is 1. The van der Waals surface area contributed by atoms with Crippen LogP contribution in [0.15, 0.2) is 39.7 Å². The molecule has 0 saturated carbocycles. The average molecular weight is 364 g/mol. The molecule has 3 aromatic rings. The van der Waals surface area contributed by atoms with Crippen LogP contribution in [0.4, 0.5) is 0 Å². The number of ether oxygens (including phenoxy) is 1. The lowest BCUT2D eigenvalue weighted by Gasteiger charge is -2.14. The van der Waals surface area contributed by atoms with Crippen LogP contribution in [0.5, 0.6) is 5.75 Å². The fourth-order valence-electron chi connectivity index (χ4n) is 2.36. The lowest BCUT2D eigenvalue weighted by molar-refractivity contribution is -0.137. The molecule has 9 heteroatoms. The monoisotopic (exact) mass is 363 g/mol. The molecule has 2 aromatic heterocycles. The standard InChI is InChI=1S/C16H14ClN3O5/c1-9(11-3-2-5-18-19-11)24-13-8-14-12(7-10(13)17)20(16(23)25-14)6-4-15(21)22/h2-3,5,7-9H,4,6H2,1H3,(H,21,22). The SMILES string of the molecule is CC(Oc1cc2oc(=O)n(CCC(=O)O)c2cc1Cl)c1cccnn1. The smallest absolute Gasteiger partial charge is 0.419 e. The predicted molar refractivity (Wildman–Crippen MR) is 88.8 cm³/mol. The van der Waals surface area contributed by atoms with Crippen molar-refractivity contribution in [3.8, 4) is 5.75 Å². The number of carboxylic acids is 1. The van der Waals surface area contributed by atoms with Crippen LogP contribution in [-0.2, 0) is 11.3 Å². The largest absolute Gasteiger partial charge is 0.483 e. The Morgan fingerprint density at radius 2 is 2.28 bits per heavy atom. The van der Waals surface area contributed by atoms with Gasteiger partial charge in [0, 0.05) is 18.8 Å². The molecule has 0 aliphatic rings. The highest BCUT2D eigenvalue weighted by Crippen LogP contribution is 2.32. The summed E-state index contributed by atoms with van der Waals surface area (Å²) >= 11 is 6.24. The van der Waals surface area contributed by atoms with E-state index < -0.39 is 17.8 Å². The van der Waals surface area contributed by atoms with Crippen molar-refractivity contribution < 1.29 is 19.1 Å². The second-order valence-electron chi connectivity index (χ2n) is 5.32. The van der Waals surface area contributed by atoms with Crippen LogP contribution in [0.1, 0.15) is 25.1 Å². The maximum atomic E-state index is 11.9. The number of aryl methyl sites for hydroxylation is 1. The summed E-state index contributed by atoms with van der Waals surface area (Å²) in [5.74, 6) is -1.33. The maximum absolute atomic E-state index is 11.9. The third kappa shape index (κ3) is 3.63. The van der Waals surface area contributed by atoms with E-state index >= 15 is 0 Å². The fraction of sp³-hybridized carbons (Fsp3) is 0.250. The second kappa shape index (κ2) is 6.94. The van der Waals surface area contributed by atoms with Crippen LogP contribution in [0.3, 0.4) is 0 Å². The molecular weight excluding hydrogens is 350 g/mol. The molecular formula is C16H14ClN3O5. The van der Waals surface area contributed by atoms with Crippen LogP contribution in [0, 0.1) is 0 Å². The van der Waals surface area contributed by atoms with Crippen molar-refractivity contribution >= 4 is 28.7 Å².